The lowest BCUT2D eigenvalue weighted by atomic mass is 9.87. The highest BCUT2D eigenvalue weighted by atomic mass is 35.5. The third-order valence-corrected chi connectivity index (χ3v) is 8.21. The molecule has 0 saturated heterocycles. The summed E-state index contributed by atoms with van der Waals surface area (Å²) in [5, 5.41) is 0.750. The van der Waals surface area contributed by atoms with Crippen LogP contribution in [-0.4, -0.2) is 27.0 Å². The monoisotopic (exact) mass is 453 g/mol. The van der Waals surface area contributed by atoms with Crippen molar-refractivity contribution in [2.75, 3.05) is 6.54 Å². The molecule has 31 heavy (non-hydrogen) atoms. The van der Waals surface area contributed by atoms with Crippen molar-refractivity contribution in [3.63, 3.8) is 0 Å². The molecule has 2 aromatic carbocycles. The molecule has 164 valence electrons. The van der Waals surface area contributed by atoms with Crippen LogP contribution in [0.15, 0.2) is 82.8 Å². The summed E-state index contributed by atoms with van der Waals surface area (Å²) in [6.45, 7) is 17.2. The van der Waals surface area contributed by atoms with Gasteiger partial charge in [-0.3, -0.25) is 0 Å². The highest BCUT2D eigenvalue weighted by molar-refractivity contribution is 7.98. The molecule has 2 aromatic rings. The van der Waals surface area contributed by atoms with Crippen LogP contribution >= 0.6 is 11.6 Å². The molecule has 1 aliphatic rings. The van der Waals surface area contributed by atoms with Crippen LogP contribution in [0.2, 0.25) is 5.02 Å². The van der Waals surface area contributed by atoms with Gasteiger partial charge in [-0.2, -0.15) is 0 Å². The van der Waals surface area contributed by atoms with Crippen LogP contribution < -0.4 is 0 Å². The maximum Gasteiger partial charge on any atom is 0.0679 e. The Morgan fingerprint density at radius 1 is 1.10 bits per heavy atom. The Morgan fingerprint density at radius 2 is 1.74 bits per heavy atom. The molecular formula is C27H32ClNOS. The summed E-state index contributed by atoms with van der Waals surface area (Å²) in [5.74, 6) is 4.20. The molecule has 0 aliphatic carbocycles. The lowest BCUT2D eigenvalue weighted by Crippen LogP contribution is -2.45. The minimum atomic E-state index is -2.67. The Labute approximate surface area is 193 Å². The summed E-state index contributed by atoms with van der Waals surface area (Å²) < 4.78 is 16.0. The van der Waals surface area contributed by atoms with Crippen molar-refractivity contribution in [3.05, 3.63) is 99.6 Å². The average molecular weight is 454 g/mol. The van der Waals surface area contributed by atoms with Crippen LogP contribution in [0.3, 0.4) is 0 Å². The zero-order chi connectivity index (χ0) is 22.9. The van der Waals surface area contributed by atoms with Crippen molar-refractivity contribution in [1.82, 2.24) is 4.31 Å². The average Bonchev–Trinajstić information content (AvgIpc) is 2.66. The molecule has 0 saturated carbocycles. The van der Waals surface area contributed by atoms with Gasteiger partial charge in [0.05, 0.1) is 15.7 Å². The van der Waals surface area contributed by atoms with E-state index >= 15 is 0 Å². The smallest absolute Gasteiger partial charge is 0.0679 e. The molecule has 0 fully saturated rings. The van der Waals surface area contributed by atoms with E-state index in [1.54, 1.807) is 0 Å². The lowest BCUT2D eigenvalue weighted by Gasteiger charge is -2.40. The van der Waals surface area contributed by atoms with Gasteiger partial charge in [0.25, 0.3) is 0 Å². The van der Waals surface area contributed by atoms with Gasteiger partial charge in [0.1, 0.15) is 0 Å². The fourth-order valence-electron chi connectivity index (χ4n) is 4.43. The van der Waals surface area contributed by atoms with Crippen LogP contribution in [0.5, 0.6) is 0 Å². The minimum absolute atomic E-state index is 0.134. The van der Waals surface area contributed by atoms with Gasteiger partial charge in [-0.05, 0) is 92.9 Å². The molecule has 0 radical (unpaired) electrons. The quantitative estimate of drug-likeness (QED) is 0.349. The van der Waals surface area contributed by atoms with Gasteiger partial charge in [0.2, 0.25) is 0 Å². The molecule has 2 atom stereocenters. The Kier molecular flexibility index (Phi) is 7.00. The van der Waals surface area contributed by atoms with E-state index in [-0.39, 0.29) is 6.04 Å². The van der Waals surface area contributed by atoms with Gasteiger partial charge in [0, 0.05) is 16.5 Å². The SMILES string of the molecule is C=C(C)C1=C(C)CCN(S(=C)(=O)c2ccc(Cc3cc(C)cc(Cl)c3)cc2)C1C(=C)C. The highest BCUT2D eigenvalue weighted by Crippen LogP contribution is 2.35. The second-order valence-electron chi connectivity index (χ2n) is 8.71. The van der Waals surface area contributed by atoms with Crippen molar-refractivity contribution in [1.29, 1.82) is 0 Å². The maximum atomic E-state index is 14.0. The van der Waals surface area contributed by atoms with E-state index in [9.17, 15) is 4.21 Å². The van der Waals surface area contributed by atoms with E-state index in [2.05, 4.69) is 32.0 Å². The van der Waals surface area contributed by atoms with Crippen LogP contribution in [0.4, 0.5) is 0 Å². The Morgan fingerprint density at radius 3 is 2.29 bits per heavy atom. The predicted molar refractivity (Wildman–Crippen MR) is 136 cm³/mol. The summed E-state index contributed by atoms with van der Waals surface area (Å²) in [7, 11) is -2.67. The number of halogens is 1. The fraction of sp³-hybridized carbons (Fsp3) is 0.296. The van der Waals surface area contributed by atoms with Gasteiger partial charge < -0.3 is 0 Å². The van der Waals surface area contributed by atoms with Crippen LogP contribution in [-0.2, 0) is 16.1 Å². The van der Waals surface area contributed by atoms with Crippen LogP contribution in [0.25, 0.3) is 0 Å². The Balaban J connectivity index is 1.91. The van der Waals surface area contributed by atoms with E-state index < -0.39 is 9.71 Å². The second kappa shape index (κ2) is 9.20. The number of aryl methyl sites for hydroxylation is 1. The van der Waals surface area contributed by atoms with E-state index in [4.69, 9.17) is 11.6 Å². The second-order valence-corrected chi connectivity index (χ2v) is 11.4. The highest BCUT2D eigenvalue weighted by Gasteiger charge is 2.34. The summed E-state index contributed by atoms with van der Waals surface area (Å²) in [4.78, 5) is 0.741. The molecule has 0 amide bonds. The first-order valence-corrected chi connectivity index (χ1v) is 12.6. The maximum absolute atomic E-state index is 14.0. The van der Waals surface area contributed by atoms with Gasteiger partial charge in [-0.25, -0.2) is 8.51 Å². The molecule has 0 aromatic heterocycles. The summed E-state index contributed by atoms with van der Waals surface area (Å²) in [5.41, 5.74) is 7.85. The summed E-state index contributed by atoms with van der Waals surface area (Å²) in [6.07, 6.45) is 1.63. The molecule has 3 rings (SSSR count). The molecule has 4 heteroatoms. The van der Waals surface area contributed by atoms with Crippen LogP contribution in [0, 0.1) is 6.92 Å². The van der Waals surface area contributed by atoms with Crippen molar-refractivity contribution in [2.45, 2.75) is 51.5 Å². The van der Waals surface area contributed by atoms with Gasteiger partial charge in [-0.15, -0.1) is 0 Å². The van der Waals surface area contributed by atoms with Gasteiger partial charge in [-0.1, -0.05) is 59.7 Å². The first-order valence-electron chi connectivity index (χ1n) is 10.5. The third kappa shape index (κ3) is 5.06. The van der Waals surface area contributed by atoms with Gasteiger partial charge in [0.15, 0.2) is 0 Å². The molecule has 1 aliphatic heterocycles. The number of benzene rings is 2. The number of nitrogens with zero attached hydrogens (tertiary/aromatic N) is 1. The first-order chi connectivity index (χ1) is 14.5. The molecule has 0 spiro atoms. The van der Waals surface area contributed by atoms with Crippen molar-refractivity contribution >= 4 is 27.2 Å². The number of hydrogen-bond donors (Lipinski definition) is 0. The van der Waals surface area contributed by atoms with Crippen molar-refractivity contribution in [2.24, 2.45) is 0 Å². The largest absolute Gasteiger partial charge is 0.248 e. The topological polar surface area (TPSA) is 20.3 Å². The molecule has 0 N–H and O–H groups in total. The first kappa shape index (κ1) is 23.6. The van der Waals surface area contributed by atoms with E-state index in [1.807, 2.05) is 61.5 Å². The predicted octanol–water partition coefficient (Wildman–Crippen LogP) is 6.77. The standard InChI is InChI=1S/C27H32ClNOS/c1-18(2)26-21(6)12-13-29(27(26)19(3)4)31(7,30)25-10-8-22(9-11-25)16-23-14-20(5)15-24(28)17-23/h8-11,14-15,17,27H,1,3,7,12-13,16H2,2,4-6H3. The zero-order valence-corrected chi connectivity index (χ0v) is 20.6. The van der Waals surface area contributed by atoms with Crippen molar-refractivity contribution < 1.29 is 4.21 Å². The van der Waals surface area contributed by atoms with E-state index in [1.165, 1.54) is 5.57 Å². The van der Waals surface area contributed by atoms with E-state index in [0.29, 0.717) is 6.54 Å². The Bertz CT molecular complexity index is 1140. The summed E-state index contributed by atoms with van der Waals surface area (Å²) in [6, 6.07) is 13.9. The van der Waals surface area contributed by atoms with E-state index in [0.717, 1.165) is 56.2 Å². The normalized spacial score (nSPS) is 19.2. The molecule has 2 nitrogen and oxygen atoms in total. The third-order valence-electron chi connectivity index (χ3n) is 5.84. The Hall–Kier alpha value is -2.07. The zero-order valence-electron chi connectivity index (χ0n) is 19.0. The number of rotatable bonds is 6. The van der Waals surface area contributed by atoms with Gasteiger partial charge >= 0.3 is 0 Å². The minimum Gasteiger partial charge on any atom is -0.248 e. The van der Waals surface area contributed by atoms with Crippen LogP contribution in [0.1, 0.15) is 43.9 Å². The molecular weight excluding hydrogens is 422 g/mol. The molecule has 1 heterocycles. The molecule has 2 unspecified atom stereocenters. The van der Waals surface area contributed by atoms with Crippen molar-refractivity contribution in [3.8, 4) is 0 Å². The summed E-state index contributed by atoms with van der Waals surface area (Å²) >= 11 is 6.20. The molecule has 0 bridgehead atoms. The fourth-order valence-corrected chi connectivity index (χ4v) is 6.59. The number of hydrogen-bond acceptors (Lipinski definition) is 1. The lowest BCUT2D eigenvalue weighted by molar-refractivity contribution is 0.387.